The first-order valence-electron chi connectivity index (χ1n) is 6.75. The number of carbonyl (C=O) groups is 1. The second-order valence-corrected chi connectivity index (χ2v) is 5.18. The van der Waals surface area contributed by atoms with E-state index < -0.39 is 0 Å². The highest BCUT2D eigenvalue weighted by Gasteiger charge is 2.15. The molecule has 0 aliphatic rings. The van der Waals surface area contributed by atoms with Crippen molar-refractivity contribution < 1.29 is 14.3 Å². The standard InChI is InChI=1S/C15H18ClN3O3/c1-10(19-6-4-5-17-19)7-15(20)18-12-8-11(16)13(21-2)9-14(12)22-3/h4-6,8-10H,7H2,1-3H3,(H,18,20)/t10-/m1/s1. The number of carbonyl (C=O) groups excluding carboxylic acids is 1. The molecule has 0 spiro atoms. The second kappa shape index (κ2) is 7.17. The van der Waals surface area contributed by atoms with Gasteiger partial charge in [-0.15, -0.1) is 0 Å². The van der Waals surface area contributed by atoms with Crippen LogP contribution in [0.3, 0.4) is 0 Å². The van der Waals surface area contributed by atoms with Gasteiger partial charge in [-0.1, -0.05) is 11.6 Å². The maximum atomic E-state index is 12.2. The summed E-state index contributed by atoms with van der Waals surface area (Å²) < 4.78 is 12.1. The van der Waals surface area contributed by atoms with Crippen LogP contribution in [0.25, 0.3) is 0 Å². The van der Waals surface area contributed by atoms with Crippen molar-refractivity contribution in [2.75, 3.05) is 19.5 Å². The Labute approximate surface area is 134 Å². The van der Waals surface area contributed by atoms with Gasteiger partial charge < -0.3 is 14.8 Å². The molecule has 2 aromatic rings. The van der Waals surface area contributed by atoms with Crippen LogP contribution in [0.1, 0.15) is 19.4 Å². The summed E-state index contributed by atoms with van der Waals surface area (Å²) in [5, 5.41) is 7.32. The summed E-state index contributed by atoms with van der Waals surface area (Å²) in [6.45, 7) is 1.92. The van der Waals surface area contributed by atoms with Crippen molar-refractivity contribution in [2.24, 2.45) is 0 Å². The summed E-state index contributed by atoms with van der Waals surface area (Å²) in [5.41, 5.74) is 0.506. The fraction of sp³-hybridized carbons (Fsp3) is 0.333. The Morgan fingerprint density at radius 2 is 2.09 bits per heavy atom. The van der Waals surface area contributed by atoms with Crippen LogP contribution >= 0.6 is 11.6 Å². The van der Waals surface area contributed by atoms with Gasteiger partial charge in [0.25, 0.3) is 0 Å². The Morgan fingerprint density at radius 1 is 1.36 bits per heavy atom. The van der Waals surface area contributed by atoms with Crippen molar-refractivity contribution in [3.8, 4) is 11.5 Å². The Bertz CT molecular complexity index is 644. The normalized spacial score (nSPS) is 11.8. The number of halogens is 1. The summed E-state index contributed by atoms with van der Waals surface area (Å²) in [5.74, 6) is 0.824. The molecule has 0 saturated carbocycles. The smallest absolute Gasteiger partial charge is 0.226 e. The zero-order valence-electron chi connectivity index (χ0n) is 12.7. The Morgan fingerprint density at radius 3 is 2.68 bits per heavy atom. The van der Waals surface area contributed by atoms with Gasteiger partial charge in [0, 0.05) is 24.9 Å². The average Bonchev–Trinajstić information content (AvgIpc) is 3.01. The van der Waals surface area contributed by atoms with E-state index >= 15 is 0 Å². The first-order valence-corrected chi connectivity index (χ1v) is 7.13. The number of benzene rings is 1. The van der Waals surface area contributed by atoms with E-state index in [1.807, 2.05) is 19.2 Å². The van der Waals surface area contributed by atoms with Crippen LogP contribution < -0.4 is 14.8 Å². The van der Waals surface area contributed by atoms with E-state index in [4.69, 9.17) is 21.1 Å². The quantitative estimate of drug-likeness (QED) is 0.887. The summed E-state index contributed by atoms with van der Waals surface area (Å²) in [4.78, 5) is 12.2. The zero-order chi connectivity index (χ0) is 16.1. The molecular formula is C15H18ClN3O3. The molecule has 1 aromatic heterocycles. The summed E-state index contributed by atoms with van der Waals surface area (Å²) in [6.07, 6.45) is 3.79. The lowest BCUT2D eigenvalue weighted by Crippen LogP contribution is -2.18. The van der Waals surface area contributed by atoms with Crippen molar-refractivity contribution in [2.45, 2.75) is 19.4 Å². The third-order valence-corrected chi connectivity index (χ3v) is 3.50. The summed E-state index contributed by atoms with van der Waals surface area (Å²) >= 11 is 6.08. The van der Waals surface area contributed by atoms with Crippen molar-refractivity contribution in [3.05, 3.63) is 35.6 Å². The lowest BCUT2D eigenvalue weighted by molar-refractivity contribution is -0.116. The zero-order valence-corrected chi connectivity index (χ0v) is 13.4. The number of amides is 1. The molecule has 1 amide bonds. The van der Waals surface area contributed by atoms with E-state index in [2.05, 4.69) is 10.4 Å². The molecule has 0 aliphatic carbocycles. The van der Waals surface area contributed by atoms with Gasteiger partial charge in [0.2, 0.25) is 5.91 Å². The van der Waals surface area contributed by atoms with Gasteiger partial charge in [-0.25, -0.2) is 0 Å². The van der Waals surface area contributed by atoms with Crippen LogP contribution in [-0.4, -0.2) is 29.9 Å². The SMILES string of the molecule is COc1cc(OC)c(NC(=O)C[C@@H](C)n2cccn2)cc1Cl. The van der Waals surface area contributed by atoms with Crippen LogP contribution in [0.4, 0.5) is 5.69 Å². The molecule has 1 N–H and O–H groups in total. The van der Waals surface area contributed by atoms with Gasteiger partial charge in [-0.3, -0.25) is 9.48 Å². The molecule has 0 radical (unpaired) electrons. The number of hydrogen-bond acceptors (Lipinski definition) is 4. The Kier molecular flexibility index (Phi) is 5.27. The summed E-state index contributed by atoms with van der Waals surface area (Å²) in [7, 11) is 3.04. The average molecular weight is 324 g/mol. The minimum Gasteiger partial charge on any atom is -0.495 e. The molecular weight excluding hydrogens is 306 g/mol. The third kappa shape index (κ3) is 3.71. The number of rotatable bonds is 6. The maximum Gasteiger partial charge on any atom is 0.226 e. The molecule has 118 valence electrons. The molecule has 1 heterocycles. The highest BCUT2D eigenvalue weighted by atomic mass is 35.5. The van der Waals surface area contributed by atoms with E-state index in [0.29, 0.717) is 22.2 Å². The molecule has 0 unspecified atom stereocenters. The molecule has 2 rings (SSSR count). The van der Waals surface area contributed by atoms with E-state index in [1.54, 1.807) is 23.0 Å². The fourth-order valence-electron chi connectivity index (χ4n) is 2.06. The maximum absolute atomic E-state index is 12.2. The third-order valence-electron chi connectivity index (χ3n) is 3.21. The Hall–Kier alpha value is -2.21. The molecule has 0 saturated heterocycles. The van der Waals surface area contributed by atoms with Crippen molar-refractivity contribution in [3.63, 3.8) is 0 Å². The lowest BCUT2D eigenvalue weighted by atomic mass is 10.2. The molecule has 0 aliphatic heterocycles. The van der Waals surface area contributed by atoms with Gasteiger partial charge in [0.15, 0.2) is 0 Å². The molecule has 1 aromatic carbocycles. The van der Waals surface area contributed by atoms with Gasteiger partial charge in [-0.05, 0) is 19.1 Å². The highest BCUT2D eigenvalue weighted by molar-refractivity contribution is 6.32. The predicted molar refractivity (Wildman–Crippen MR) is 84.7 cm³/mol. The number of anilines is 1. The van der Waals surface area contributed by atoms with Gasteiger partial charge in [0.1, 0.15) is 11.5 Å². The monoisotopic (exact) mass is 323 g/mol. The summed E-state index contributed by atoms with van der Waals surface area (Å²) in [6, 6.07) is 5.01. The second-order valence-electron chi connectivity index (χ2n) is 4.77. The van der Waals surface area contributed by atoms with Gasteiger partial charge in [0.05, 0.1) is 31.0 Å². The van der Waals surface area contributed by atoms with Crippen molar-refractivity contribution in [1.82, 2.24) is 9.78 Å². The molecule has 0 bridgehead atoms. The van der Waals surface area contributed by atoms with Gasteiger partial charge >= 0.3 is 0 Å². The van der Waals surface area contributed by atoms with Crippen LogP contribution in [0.5, 0.6) is 11.5 Å². The van der Waals surface area contributed by atoms with Crippen LogP contribution in [0, 0.1) is 0 Å². The minimum absolute atomic E-state index is 0.0466. The highest BCUT2D eigenvalue weighted by Crippen LogP contribution is 2.36. The van der Waals surface area contributed by atoms with Crippen molar-refractivity contribution in [1.29, 1.82) is 0 Å². The first-order chi connectivity index (χ1) is 10.5. The minimum atomic E-state index is -0.150. The van der Waals surface area contributed by atoms with Gasteiger partial charge in [-0.2, -0.15) is 5.10 Å². The van der Waals surface area contributed by atoms with Crippen molar-refractivity contribution >= 4 is 23.2 Å². The molecule has 7 heteroatoms. The van der Waals surface area contributed by atoms with E-state index in [1.165, 1.54) is 14.2 Å². The first kappa shape index (κ1) is 16.2. The predicted octanol–water partition coefficient (Wildman–Crippen LogP) is 3.14. The molecule has 1 atom stereocenters. The number of methoxy groups -OCH3 is 2. The molecule has 0 fully saturated rings. The van der Waals surface area contributed by atoms with E-state index in [0.717, 1.165) is 0 Å². The Balaban J connectivity index is 2.09. The van der Waals surface area contributed by atoms with Crippen LogP contribution in [0.15, 0.2) is 30.6 Å². The van der Waals surface area contributed by atoms with E-state index in [9.17, 15) is 4.79 Å². The molecule has 22 heavy (non-hydrogen) atoms. The molecule has 6 nitrogen and oxygen atoms in total. The number of nitrogens with one attached hydrogen (secondary N) is 1. The lowest BCUT2D eigenvalue weighted by Gasteiger charge is -2.15. The van der Waals surface area contributed by atoms with Crippen LogP contribution in [0.2, 0.25) is 5.02 Å². The van der Waals surface area contributed by atoms with E-state index in [-0.39, 0.29) is 18.4 Å². The van der Waals surface area contributed by atoms with Crippen LogP contribution in [-0.2, 0) is 4.79 Å². The number of aromatic nitrogens is 2. The number of nitrogens with zero attached hydrogens (tertiary/aromatic N) is 2. The fourth-order valence-corrected chi connectivity index (χ4v) is 2.30. The number of ether oxygens (including phenoxy) is 2. The topological polar surface area (TPSA) is 65.4 Å². The largest absolute Gasteiger partial charge is 0.495 e. The number of hydrogen-bond donors (Lipinski definition) is 1.